The summed E-state index contributed by atoms with van der Waals surface area (Å²) in [5.41, 5.74) is 0.782. The van der Waals surface area contributed by atoms with Crippen molar-refractivity contribution in [2.75, 3.05) is 11.4 Å². The second-order valence-electron chi connectivity index (χ2n) is 5.49. The lowest BCUT2D eigenvalue weighted by molar-refractivity contribution is -0.140. The fraction of sp³-hybridized carbons (Fsp3) is 0.333. The second-order valence-corrected chi connectivity index (χ2v) is 5.49. The first-order valence-corrected chi connectivity index (χ1v) is 7.55. The molecular formula is C18H21NO3. The molecule has 0 saturated carbocycles. The van der Waals surface area contributed by atoms with Crippen molar-refractivity contribution < 1.29 is 14.7 Å². The third kappa shape index (κ3) is 3.45. The van der Waals surface area contributed by atoms with E-state index in [1.165, 1.54) is 0 Å². The number of rotatable bonds is 6. The van der Waals surface area contributed by atoms with E-state index in [0.717, 1.165) is 22.9 Å². The van der Waals surface area contributed by atoms with Gasteiger partial charge in [-0.3, -0.25) is 9.59 Å². The maximum atomic E-state index is 12.5. The van der Waals surface area contributed by atoms with E-state index in [1.54, 1.807) is 11.8 Å². The Morgan fingerprint density at radius 1 is 1.14 bits per heavy atom. The second kappa shape index (κ2) is 7.07. The molecule has 0 bridgehead atoms. The molecule has 0 aromatic heterocycles. The van der Waals surface area contributed by atoms with Crippen LogP contribution < -0.4 is 4.90 Å². The van der Waals surface area contributed by atoms with Crippen LogP contribution in [0.1, 0.15) is 26.7 Å². The van der Waals surface area contributed by atoms with Crippen LogP contribution in [-0.2, 0) is 9.59 Å². The molecule has 1 unspecified atom stereocenters. The highest BCUT2D eigenvalue weighted by atomic mass is 16.4. The Hall–Kier alpha value is -2.36. The molecule has 1 amide bonds. The van der Waals surface area contributed by atoms with Crippen molar-refractivity contribution in [3.63, 3.8) is 0 Å². The quantitative estimate of drug-likeness (QED) is 0.885. The van der Waals surface area contributed by atoms with Gasteiger partial charge in [-0.1, -0.05) is 50.2 Å². The molecule has 0 fully saturated rings. The van der Waals surface area contributed by atoms with Crippen LogP contribution in [0.4, 0.5) is 5.69 Å². The molecule has 0 aliphatic heterocycles. The number of carbonyl (C=O) groups excluding carboxylic acids is 1. The summed E-state index contributed by atoms with van der Waals surface area (Å²) in [4.78, 5) is 25.3. The van der Waals surface area contributed by atoms with Crippen LogP contribution in [-0.4, -0.2) is 23.5 Å². The molecule has 1 N–H and O–H groups in total. The van der Waals surface area contributed by atoms with E-state index in [-0.39, 0.29) is 12.5 Å². The van der Waals surface area contributed by atoms with Gasteiger partial charge in [-0.05, 0) is 17.9 Å². The molecular weight excluding hydrogens is 278 g/mol. The zero-order valence-electron chi connectivity index (χ0n) is 13.0. The number of carboxylic acid groups (broad SMARTS) is 1. The van der Waals surface area contributed by atoms with Gasteiger partial charge in [-0.25, -0.2) is 0 Å². The molecule has 0 heterocycles. The van der Waals surface area contributed by atoms with Crippen molar-refractivity contribution >= 4 is 28.3 Å². The smallest absolute Gasteiger partial charge is 0.308 e. The Balaban J connectivity index is 2.46. The summed E-state index contributed by atoms with van der Waals surface area (Å²) in [5.74, 6) is -1.54. The van der Waals surface area contributed by atoms with Crippen molar-refractivity contribution in [1.29, 1.82) is 0 Å². The maximum Gasteiger partial charge on any atom is 0.308 e. The molecule has 1 atom stereocenters. The van der Waals surface area contributed by atoms with Crippen molar-refractivity contribution in [3.8, 4) is 0 Å². The Morgan fingerprint density at radius 2 is 1.82 bits per heavy atom. The molecule has 2 rings (SSSR count). The van der Waals surface area contributed by atoms with E-state index >= 15 is 0 Å². The van der Waals surface area contributed by atoms with Gasteiger partial charge in [0.1, 0.15) is 0 Å². The summed E-state index contributed by atoms with van der Waals surface area (Å²) >= 11 is 0. The number of nitrogens with zero attached hydrogens (tertiary/aromatic N) is 1. The molecule has 22 heavy (non-hydrogen) atoms. The zero-order chi connectivity index (χ0) is 16.1. The van der Waals surface area contributed by atoms with E-state index < -0.39 is 11.9 Å². The van der Waals surface area contributed by atoms with E-state index in [9.17, 15) is 9.59 Å². The Morgan fingerprint density at radius 3 is 2.50 bits per heavy atom. The van der Waals surface area contributed by atoms with Gasteiger partial charge in [0.25, 0.3) is 0 Å². The molecule has 2 aromatic carbocycles. The molecule has 0 radical (unpaired) electrons. The van der Waals surface area contributed by atoms with Crippen molar-refractivity contribution in [1.82, 2.24) is 0 Å². The minimum absolute atomic E-state index is 0.0352. The number of benzene rings is 2. The van der Waals surface area contributed by atoms with Crippen molar-refractivity contribution in [3.05, 3.63) is 42.5 Å². The summed E-state index contributed by atoms with van der Waals surface area (Å²) < 4.78 is 0. The highest BCUT2D eigenvalue weighted by Crippen LogP contribution is 2.28. The zero-order valence-corrected chi connectivity index (χ0v) is 13.0. The number of carboxylic acids is 1. The standard InChI is InChI=1S/C18H21NO3/c1-3-7-17(20)19(12-13(2)18(21)22)16-11-6-9-14-8-4-5-10-15(14)16/h4-6,8-11,13H,3,7,12H2,1-2H3,(H,21,22). The molecule has 0 aliphatic carbocycles. The first-order valence-electron chi connectivity index (χ1n) is 7.55. The monoisotopic (exact) mass is 299 g/mol. The van der Waals surface area contributed by atoms with E-state index in [2.05, 4.69) is 0 Å². The Labute approximate surface area is 130 Å². The number of amides is 1. The maximum absolute atomic E-state index is 12.5. The SMILES string of the molecule is CCCC(=O)N(CC(C)C(=O)O)c1cccc2ccccc12. The van der Waals surface area contributed by atoms with E-state index in [0.29, 0.717) is 6.42 Å². The summed E-state index contributed by atoms with van der Waals surface area (Å²) in [5, 5.41) is 11.2. The van der Waals surface area contributed by atoms with Crippen LogP contribution in [0.5, 0.6) is 0 Å². The lowest BCUT2D eigenvalue weighted by atomic mass is 10.1. The average molecular weight is 299 g/mol. The molecule has 2 aromatic rings. The molecule has 0 saturated heterocycles. The predicted molar refractivity (Wildman–Crippen MR) is 88.0 cm³/mol. The lowest BCUT2D eigenvalue weighted by Crippen LogP contribution is -2.37. The van der Waals surface area contributed by atoms with E-state index in [4.69, 9.17) is 5.11 Å². The summed E-state index contributed by atoms with van der Waals surface area (Å²) in [7, 11) is 0. The number of hydrogen-bond donors (Lipinski definition) is 1. The van der Waals surface area contributed by atoms with Crippen LogP contribution >= 0.6 is 0 Å². The molecule has 116 valence electrons. The van der Waals surface area contributed by atoms with Gasteiger partial charge >= 0.3 is 5.97 Å². The number of hydrogen-bond acceptors (Lipinski definition) is 2. The van der Waals surface area contributed by atoms with Gasteiger partial charge in [-0.2, -0.15) is 0 Å². The first kappa shape index (κ1) is 16.0. The largest absolute Gasteiger partial charge is 0.481 e. The highest BCUT2D eigenvalue weighted by molar-refractivity contribution is 6.04. The van der Waals surface area contributed by atoms with Crippen molar-refractivity contribution in [2.24, 2.45) is 5.92 Å². The van der Waals surface area contributed by atoms with Crippen molar-refractivity contribution in [2.45, 2.75) is 26.7 Å². The van der Waals surface area contributed by atoms with Gasteiger partial charge in [-0.15, -0.1) is 0 Å². The van der Waals surface area contributed by atoms with Crippen LogP contribution in [0, 0.1) is 5.92 Å². The molecule has 0 aliphatic rings. The summed E-state index contributed by atoms with van der Waals surface area (Å²) in [6.07, 6.45) is 1.15. The minimum atomic E-state index is -0.894. The highest BCUT2D eigenvalue weighted by Gasteiger charge is 2.22. The van der Waals surface area contributed by atoms with Gasteiger partial charge in [0.2, 0.25) is 5.91 Å². The van der Waals surface area contributed by atoms with Gasteiger partial charge in [0.05, 0.1) is 11.6 Å². The predicted octanol–water partition coefficient (Wildman–Crippen LogP) is 3.69. The molecule has 4 heteroatoms. The van der Waals surface area contributed by atoms with E-state index in [1.807, 2.05) is 49.4 Å². The van der Waals surface area contributed by atoms with Gasteiger partial charge in [0, 0.05) is 18.4 Å². The molecule has 0 spiro atoms. The number of anilines is 1. The average Bonchev–Trinajstić information content (AvgIpc) is 2.52. The third-order valence-electron chi connectivity index (χ3n) is 3.70. The van der Waals surface area contributed by atoms with Gasteiger partial charge in [0.15, 0.2) is 0 Å². The minimum Gasteiger partial charge on any atom is -0.481 e. The fourth-order valence-electron chi connectivity index (χ4n) is 2.48. The topological polar surface area (TPSA) is 57.6 Å². The summed E-state index contributed by atoms with van der Waals surface area (Å²) in [6.45, 7) is 3.75. The van der Waals surface area contributed by atoms with Gasteiger partial charge < -0.3 is 10.0 Å². The van der Waals surface area contributed by atoms with Crippen LogP contribution in [0.15, 0.2) is 42.5 Å². The summed E-state index contributed by atoms with van der Waals surface area (Å²) in [6, 6.07) is 13.6. The number of carbonyl (C=O) groups is 2. The fourth-order valence-corrected chi connectivity index (χ4v) is 2.48. The number of fused-ring (bicyclic) bond motifs is 1. The van der Waals surface area contributed by atoms with Crippen LogP contribution in [0.2, 0.25) is 0 Å². The number of aliphatic carboxylic acids is 1. The first-order chi connectivity index (χ1) is 10.5. The Bertz CT molecular complexity index is 676. The third-order valence-corrected chi connectivity index (χ3v) is 3.70. The normalized spacial score (nSPS) is 12.1. The van der Waals surface area contributed by atoms with Crippen LogP contribution in [0.25, 0.3) is 10.8 Å². The Kier molecular flexibility index (Phi) is 5.15. The lowest BCUT2D eigenvalue weighted by Gasteiger charge is -2.26. The molecule has 4 nitrogen and oxygen atoms in total. The van der Waals surface area contributed by atoms with Crippen LogP contribution in [0.3, 0.4) is 0 Å².